The Balaban J connectivity index is 2.24. The summed E-state index contributed by atoms with van der Waals surface area (Å²) in [5.41, 5.74) is 2.89. The van der Waals surface area contributed by atoms with E-state index in [1.165, 1.54) is 25.7 Å². The van der Waals surface area contributed by atoms with Crippen LogP contribution in [0.2, 0.25) is 0 Å². The normalized spacial score (nSPS) is 9.88. The highest BCUT2D eigenvalue weighted by Crippen LogP contribution is 2.29. The van der Waals surface area contributed by atoms with E-state index in [4.69, 9.17) is 21.2 Å². The van der Waals surface area contributed by atoms with Crippen LogP contribution in [0.4, 0.5) is 0 Å². The molecule has 2 rings (SSSR count). The number of ether oxygens (including phenoxy) is 2. The Bertz CT molecular complexity index is 981. The van der Waals surface area contributed by atoms with E-state index in [0.29, 0.717) is 35.8 Å². The second-order valence-electron chi connectivity index (χ2n) is 7.75. The molecule has 0 N–H and O–H groups in total. The molecule has 2 aromatic carbocycles. The van der Waals surface area contributed by atoms with Gasteiger partial charge >= 0.3 is 0 Å². The Morgan fingerprint density at radius 2 is 1.25 bits per heavy atom. The largest absolute Gasteiger partial charge is 0.492 e. The van der Waals surface area contributed by atoms with Gasteiger partial charge in [0.2, 0.25) is 0 Å². The van der Waals surface area contributed by atoms with Gasteiger partial charge in [-0.15, -0.1) is 6.42 Å². The third kappa shape index (κ3) is 8.41. The van der Waals surface area contributed by atoms with Crippen molar-refractivity contribution in [3.63, 3.8) is 0 Å². The quantitative estimate of drug-likeness (QED) is 0.274. The first kappa shape index (κ1) is 24.9. The Morgan fingerprint density at radius 3 is 1.78 bits per heavy atom. The van der Waals surface area contributed by atoms with Gasteiger partial charge in [0.1, 0.15) is 11.5 Å². The van der Waals surface area contributed by atoms with Crippen LogP contribution in [0.5, 0.6) is 11.5 Å². The molecule has 0 amide bonds. The Kier molecular flexibility index (Phi) is 11.4. The van der Waals surface area contributed by atoms with Crippen molar-refractivity contribution >= 4 is 0 Å². The minimum atomic E-state index is 0.615. The zero-order valence-electron chi connectivity index (χ0n) is 19.4. The average molecular weight is 428 g/mol. The summed E-state index contributed by atoms with van der Waals surface area (Å²) < 4.78 is 12.1. The molecule has 2 aromatic rings. The highest BCUT2D eigenvalue weighted by atomic mass is 16.5. The zero-order valence-corrected chi connectivity index (χ0v) is 19.4. The summed E-state index contributed by atoms with van der Waals surface area (Å²) in [6.45, 7) is 5.65. The van der Waals surface area contributed by atoms with Crippen molar-refractivity contribution in [2.24, 2.45) is 0 Å². The van der Waals surface area contributed by atoms with E-state index in [2.05, 4.69) is 37.7 Å². The lowest BCUT2D eigenvalue weighted by molar-refractivity contribution is 0.295. The molecule has 0 atom stereocenters. The van der Waals surface area contributed by atoms with Crippen LogP contribution in [0, 0.1) is 35.5 Å². The lowest BCUT2D eigenvalue weighted by Gasteiger charge is -2.13. The van der Waals surface area contributed by atoms with Gasteiger partial charge in [-0.1, -0.05) is 70.1 Å². The minimum Gasteiger partial charge on any atom is -0.492 e. The number of hydrogen-bond acceptors (Lipinski definition) is 3. The smallest absolute Gasteiger partial charge is 0.136 e. The monoisotopic (exact) mass is 427 g/mol. The number of rotatable bonds is 12. The molecule has 0 aliphatic rings. The van der Waals surface area contributed by atoms with E-state index in [1.54, 1.807) is 12.1 Å². The first-order valence-electron chi connectivity index (χ1n) is 11.6. The predicted molar refractivity (Wildman–Crippen MR) is 131 cm³/mol. The van der Waals surface area contributed by atoms with Gasteiger partial charge in [-0.2, -0.15) is 5.26 Å². The molecule has 0 heterocycles. The molecule has 32 heavy (non-hydrogen) atoms. The number of benzene rings is 2. The predicted octanol–water partition coefficient (Wildman–Crippen LogP) is 6.86. The summed E-state index contributed by atoms with van der Waals surface area (Å²) >= 11 is 0. The molecule has 0 fully saturated rings. The average Bonchev–Trinajstić information content (AvgIpc) is 2.83. The molecule has 3 nitrogen and oxygen atoms in total. The molecule has 0 spiro atoms. The third-order valence-corrected chi connectivity index (χ3v) is 5.10. The number of hydrogen-bond donors (Lipinski definition) is 0. The minimum absolute atomic E-state index is 0.615. The van der Waals surface area contributed by atoms with Gasteiger partial charge in [-0.05, 0) is 37.1 Å². The molecular formula is C29H33NO2. The summed E-state index contributed by atoms with van der Waals surface area (Å²) in [5.74, 6) is 10.5. The SMILES string of the molecule is C#Cc1cc(OCCCCCC)c(C#Cc2ccc(C#N)cc2)cc1OCCCCCC. The topological polar surface area (TPSA) is 42.2 Å². The summed E-state index contributed by atoms with van der Waals surface area (Å²) in [5, 5.41) is 8.98. The Hall–Kier alpha value is -3.35. The fourth-order valence-electron chi connectivity index (χ4n) is 3.20. The van der Waals surface area contributed by atoms with Crippen LogP contribution in [-0.2, 0) is 0 Å². The summed E-state index contributed by atoms with van der Waals surface area (Å²) in [6.07, 6.45) is 14.8. The van der Waals surface area contributed by atoms with Gasteiger partial charge in [0.05, 0.1) is 36.0 Å². The summed E-state index contributed by atoms with van der Waals surface area (Å²) in [7, 11) is 0. The highest BCUT2D eigenvalue weighted by molar-refractivity contribution is 5.59. The number of nitrogens with zero attached hydrogens (tertiary/aromatic N) is 1. The molecule has 0 saturated carbocycles. The van der Waals surface area contributed by atoms with E-state index in [1.807, 2.05) is 24.3 Å². The summed E-state index contributed by atoms with van der Waals surface area (Å²) in [6, 6.07) is 13.1. The van der Waals surface area contributed by atoms with Gasteiger partial charge in [0, 0.05) is 17.7 Å². The maximum Gasteiger partial charge on any atom is 0.136 e. The van der Waals surface area contributed by atoms with Crippen LogP contribution in [0.3, 0.4) is 0 Å². The van der Waals surface area contributed by atoms with Crippen LogP contribution >= 0.6 is 0 Å². The number of unbranched alkanes of at least 4 members (excludes halogenated alkanes) is 6. The fraction of sp³-hybridized carbons (Fsp3) is 0.414. The highest BCUT2D eigenvalue weighted by Gasteiger charge is 2.10. The van der Waals surface area contributed by atoms with Crippen LogP contribution < -0.4 is 9.47 Å². The Morgan fingerprint density at radius 1 is 0.719 bits per heavy atom. The molecular weight excluding hydrogens is 394 g/mol. The van der Waals surface area contributed by atoms with Crippen molar-refractivity contribution in [3.8, 4) is 41.8 Å². The van der Waals surface area contributed by atoms with E-state index >= 15 is 0 Å². The van der Waals surface area contributed by atoms with E-state index in [0.717, 1.165) is 36.8 Å². The first-order chi connectivity index (χ1) is 15.7. The van der Waals surface area contributed by atoms with Crippen LogP contribution in [-0.4, -0.2) is 13.2 Å². The second kappa shape index (κ2) is 14.6. The van der Waals surface area contributed by atoms with Crippen LogP contribution in [0.25, 0.3) is 0 Å². The van der Waals surface area contributed by atoms with Gasteiger partial charge in [-0.25, -0.2) is 0 Å². The van der Waals surface area contributed by atoms with Crippen molar-refractivity contribution in [3.05, 3.63) is 58.7 Å². The van der Waals surface area contributed by atoms with Gasteiger partial charge in [-0.3, -0.25) is 0 Å². The molecule has 0 radical (unpaired) electrons. The maximum absolute atomic E-state index is 8.98. The molecule has 0 aliphatic carbocycles. The Labute approximate surface area is 193 Å². The molecule has 166 valence electrons. The van der Waals surface area contributed by atoms with E-state index in [-0.39, 0.29) is 0 Å². The third-order valence-electron chi connectivity index (χ3n) is 5.10. The molecule has 0 unspecified atom stereocenters. The van der Waals surface area contributed by atoms with E-state index in [9.17, 15) is 0 Å². The van der Waals surface area contributed by atoms with Crippen LogP contribution in [0.1, 0.15) is 87.5 Å². The number of nitriles is 1. The number of terminal acetylenes is 1. The molecule has 0 aromatic heterocycles. The van der Waals surface area contributed by atoms with Crippen LogP contribution in [0.15, 0.2) is 36.4 Å². The van der Waals surface area contributed by atoms with Crippen molar-refractivity contribution < 1.29 is 9.47 Å². The van der Waals surface area contributed by atoms with E-state index < -0.39 is 0 Å². The second-order valence-corrected chi connectivity index (χ2v) is 7.75. The molecule has 0 saturated heterocycles. The van der Waals surface area contributed by atoms with Crippen molar-refractivity contribution in [2.45, 2.75) is 65.2 Å². The first-order valence-corrected chi connectivity index (χ1v) is 11.6. The van der Waals surface area contributed by atoms with Crippen molar-refractivity contribution in [2.75, 3.05) is 13.2 Å². The van der Waals surface area contributed by atoms with Gasteiger partial charge < -0.3 is 9.47 Å². The van der Waals surface area contributed by atoms with Crippen molar-refractivity contribution in [1.82, 2.24) is 0 Å². The molecule has 3 heteroatoms. The van der Waals surface area contributed by atoms with Crippen molar-refractivity contribution in [1.29, 1.82) is 5.26 Å². The lowest BCUT2D eigenvalue weighted by Crippen LogP contribution is -2.03. The molecule has 0 bridgehead atoms. The standard InChI is InChI=1S/C29H33NO2/c1-4-7-9-11-19-31-28-22-27(18-17-24-13-15-25(23-30)16-14-24)29(21-26(28)6-3)32-20-12-10-8-5-2/h3,13-16,21-22H,4-5,7-12,19-20H2,1-2H3. The zero-order chi connectivity index (χ0) is 23.0. The summed E-state index contributed by atoms with van der Waals surface area (Å²) in [4.78, 5) is 0. The lowest BCUT2D eigenvalue weighted by atomic mass is 10.1. The maximum atomic E-state index is 8.98. The fourth-order valence-corrected chi connectivity index (χ4v) is 3.20. The van der Waals surface area contributed by atoms with Gasteiger partial charge in [0.15, 0.2) is 0 Å². The van der Waals surface area contributed by atoms with Gasteiger partial charge in [0.25, 0.3) is 0 Å². The molecule has 0 aliphatic heterocycles.